The van der Waals surface area contributed by atoms with Crippen LogP contribution in [-0.2, 0) is 17.9 Å². The number of nitrogens with zero attached hydrogens (tertiary/aromatic N) is 7. The van der Waals surface area contributed by atoms with Crippen LogP contribution in [0.5, 0.6) is 0 Å². The molecule has 0 N–H and O–H groups in total. The first-order valence-corrected chi connectivity index (χ1v) is 11.6. The zero-order valence-electron chi connectivity index (χ0n) is 20.1. The summed E-state index contributed by atoms with van der Waals surface area (Å²) in [6.07, 6.45) is 1.59. The number of benzene rings is 1. The van der Waals surface area contributed by atoms with Crippen LogP contribution in [0.4, 0.5) is 10.6 Å². The largest absolute Gasteiger partial charge is 0.339 e. The Labute approximate surface area is 200 Å². The van der Waals surface area contributed by atoms with Gasteiger partial charge in [-0.1, -0.05) is 51.1 Å². The number of aromatic nitrogens is 2. The number of hydrogen-bond acceptors (Lipinski definition) is 6. The van der Waals surface area contributed by atoms with Gasteiger partial charge in [0.25, 0.3) is 0 Å². The average molecular weight is 462 g/mol. The van der Waals surface area contributed by atoms with Gasteiger partial charge in [-0.3, -0.25) is 14.6 Å². The van der Waals surface area contributed by atoms with Crippen molar-refractivity contribution in [2.45, 2.75) is 33.9 Å². The number of carbonyl (C=O) groups is 2. The molecule has 9 nitrogen and oxygen atoms in total. The molecule has 0 radical (unpaired) electrons. The summed E-state index contributed by atoms with van der Waals surface area (Å²) in [6.45, 7) is 10.5. The Hall–Kier alpha value is -3.51. The second-order valence-electron chi connectivity index (χ2n) is 10.1. The quantitative estimate of drug-likeness (QED) is 0.679. The highest BCUT2D eigenvalue weighted by molar-refractivity contribution is 5.96. The zero-order valence-corrected chi connectivity index (χ0v) is 20.1. The number of hydrogen-bond donors (Lipinski definition) is 0. The molecule has 1 aromatic carbocycles. The van der Waals surface area contributed by atoms with Crippen molar-refractivity contribution in [3.8, 4) is 6.07 Å². The van der Waals surface area contributed by atoms with Gasteiger partial charge < -0.3 is 9.80 Å². The van der Waals surface area contributed by atoms with Crippen LogP contribution in [0.25, 0.3) is 0 Å². The third-order valence-electron chi connectivity index (χ3n) is 5.99. The summed E-state index contributed by atoms with van der Waals surface area (Å²) in [5, 5.41) is 9.20. The highest BCUT2D eigenvalue weighted by Gasteiger charge is 2.36. The molecule has 0 bridgehead atoms. The highest BCUT2D eigenvalue weighted by atomic mass is 16.2. The first-order chi connectivity index (χ1) is 16.2. The summed E-state index contributed by atoms with van der Waals surface area (Å²) in [6, 6.07) is 12.0. The predicted molar refractivity (Wildman–Crippen MR) is 128 cm³/mol. The Morgan fingerprint density at radius 2 is 1.82 bits per heavy atom. The summed E-state index contributed by atoms with van der Waals surface area (Å²) in [4.78, 5) is 42.2. The van der Waals surface area contributed by atoms with Crippen LogP contribution >= 0.6 is 0 Å². The summed E-state index contributed by atoms with van der Waals surface area (Å²) in [7, 11) is 0. The van der Waals surface area contributed by atoms with Crippen LogP contribution in [0, 0.1) is 16.7 Å². The van der Waals surface area contributed by atoms with Crippen molar-refractivity contribution in [2.24, 2.45) is 5.41 Å². The predicted octanol–water partition coefficient (Wildman–Crippen LogP) is 2.48. The second-order valence-corrected chi connectivity index (χ2v) is 10.1. The molecule has 1 aromatic heterocycles. The molecule has 0 aliphatic carbocycles. The Morgan fingerprint density at radius 3 is 2.47 bits per heavy atom. The van der Waals surface area contributed by atoms with Crippen molar-refractivity contribution in [3.63, 3.8) is 0 Å². The maximum atomic E-state index is 13.4. The lowest BCUT2D eigenvalue weighted by molar-refractivity contribution is -0.133. The van der Waals surface area contributed by atoms with Gasteiger partial charge in [0.2, 0.25) is 11.7 Å². The molecule has 0 saturated carbocycles. The van der Waals surface area contributed by atoms with Crippen molar-refractivity contribution < 1.29 is 9.59 Å². The van der Waals surface area contributed by atoms with E-state index in [1.165, 1.54) is 5.56 Å². The Morgan fingerprint density at radius 1 is 1.12 bits per heavy atom. The van der Waals surface area contributed by atoms with Crippen molar-refractivity contribution >= 4 is 17.8 Å². The van der Waals surface area contributed by atoms with Crippen molar-refractivity contribution in [3.05, 3.63) is 53.5 Å². The molecule has 0 unspecified atom stereocenters. The maximum absolute atomic E-state index is 13.4. The van der Waals surface area contributed by atoms with Crippen molar-refractivity contribution in [1.82, 2.24) is 24.7 Å². The molecule has 1 saturated heterocycles. The standard InChI is InChI=1S/C25H31N7O2/c1-25(2,3)18-32-23-20(14-27-21(13-26)28-23)16-31(24(32)34)17-22(33)30-11-9-29(10-12-30)15-19-7-5-4-6-8-19/h4-8,14H,9-12,15-18H2,1-3H3. The molecule has 178 valence electrons. The third-order valence-corrected chi connectivity index (χ3v) is 5.99. The minimum absolute atomic E-state index is 0.0115. The van der Waals surface area contributed by atoms with Gasteiger partial charge in [-0.15, -0.1) is 0 Å². The van der Waals surface area contributed by atoms with Gasteiger partial charge in [0.05, 0.1) is 6.54 Å². The van der Waals surface area contributed by atoms with E-state index in [0.717, 1.165) is 25.2 Å². The van der Waals surface area contributed by atoms with E-state index in [1.54, 1.807) is 16.0 Å². The molecule has 0 atom stereocenters. The van der Waals surface area contributed by atoms with Crippen LogP contribution in [0.1, 0.15) is 37.7 Å². The number of urea groups is 1. The smallest absolute Gasteiger partial charge is 0.326 e. The topological polar surface area (TPSA) is 96.7 Å². The number of piperazine rings is 1. The second kappa shape index (κ2) is 9.77. The van der Waals surface area contributed by atoms with Crippen molar-refractivity contribution in [1.29, 1.82) is 5.26 Å². The van der Waals surface area contributed by atoms with Gasteiger partial charge >= 0.3 is 6.03 Å². The first kappa shape index (κ1) is 23.6. The molecule has 3 heterocycles. The van der Waals surface area contributed by atoms with Gasteiger partial charge in [-0.25, -0.2) is 14.8 Å². The number of nitriles is 1. The number of amides is 3. The van der Waals surface area contributed by atoms with E-state index < -0.39 is 0 Å². The Kier molecular flexibility index (Phi) is 6.80. The van der Waals surface area contributed by atoms with Gasteiger partial charge in [0.15, 0.2) is 0 Å². The Bertz CT molecular complexity index is 1080. The lowest BCUT2D eigenvalue weighted by Crippen LogP contribution is -2.55. The summed E-state index contributed by atoms with van der Waals surface area (Å²) in [5.74, 6) is 0.439. The lowest BCUT2D eigenvalue weighted by Gasteiger charge is -2.40. The Balaban J connectivity index is 1.41. The highest BCUT2D eigenvalue weighted by Crippen LogP contribution is 2.29. The minimum atomic E-state index is -0.263. The SMILES string of the molecule is CC(C)(C)CN1C(=O)N(CC(=O)N2CCN(Cc3ccccc3)CC2)Cc2cnc(C#N)nc21. The molecule has 0 spiro atoms. The number of rotatable bonds is 5. The van der Waals surface area contributed by atoms with Crippen molar-refractivity contribution in [2.75, 3.05) is 44.2 Å². The van der Waals surface area contributed by atoms with Crippen LogP contribution < -0.4 is 4.90 Å². The number of carbonyl (C=O) groups excluding carboxylic acids is 2. The van der Waals surface area contributed by atoms with E-state index in [4.69, 9.17) is 0 Å². The summed E-state index contributed by atoms with van der Waals surface area (Å²) in [5.41, 5.74) is 1.82. The molecule has 4 rings (SSSR count). The fourth-order valence-electron chi connectivity index (χ4n) is 4.33. The molecule has 2 aromatic rings. The van der Waals surface area contributed by atoms with Crippen LogP contribution in [0.3, 0.4) is 0 Å². The molecular formula is C25H31N7O2. The van der Waals surface area contributed by atoms with E-state index in [0.29, 0.717) is 25.5 Å². The van der Waals surface area contributed by atoms with Gasteiger partial charge in [0.1, 0.15) is 18.4 Å². The lowest BCUT2D eigenvalue weighted by atomic mass is 9.95. The molecule has 34 heavy (non-hydrogen) atoms. The molecule has 1 fully saturated rings. The zero-order chi connectivity index (χ0) is 24.3. The summed E-state index contributed by atoms with van der Waals surface area (Å²) >= 11 is 0. The van der Waals surface area contributed by atoms with E-state index in [9.17, 15) is 14.9 Å². The maximum Gasteiger partial charge on any atom is 0.326 e. The molecule has 9 heteroatoms. The number of fused-ring (bicyclic) bond motifs is 1. The van der Waals surface area contributed by atoms with E-state index in [2.05, 4.69) is 27.0 Å². The third kappa shape index (κ3) is 5.51. The van der Waals surface area contributed by atoms with Gasteiger partial charge in [-0.2, -0.15) is 5.26 Å². The molecule has 2 aliphatic rings. The fraction of sp³-hybridized carbons (Fsp3) is 0.480. The van der Waals surface area contributed by atoms with Gasteiger partial charge in [0, 0.05) is 51.0 Å². The van der Waals surface area contributed by atoms with Gasteiger partial charge in [-0.05, 0) is 11.0 Å². The monoisotopic (exact) mass is 461 g/mol. The summed E-state index contributed by atoms with van der Waals surface area (Å²) < 4.78 is 0. The van der Waals surface area contributed by atoms with E-state index >= 15 is 0 Å². The normalized spacial score (nSPS) is 16.9. The first-order valence-electron chi connectivity index (χ1n) is 11.6. The number of anilines is 1. The van der Waals surface area contributed by atoms with Crippen LogP contribution in [0.2, 0.25) is 0 Å². The average Bonchev–Trinajstić information content (AvgIpc) is 2.82. The van der Waals surface area contributed by atoms with Crippen LogP contribution in [0.15, 0.2) is 36.5 Å². The minimum Gasteiger partial charge on any atom is -0.339 e. The molecule has 3 amide bonds. The van der Waals surface area contributed by atoms with Crippen LogP contribution in [-0.4, -0.2) is 75.9 Å². The fourth-order valence-corrected chi connectivity index (χ4v) is 4.33. The molecular weight excluding hydrogens is 430 g/mol. The van der Waals surface area contributed by atoms with E-state index in [1.807, 2.05) is 49.9 Å². The molecule has 2 aliphatic heterocycles. The van der Waals surface area contributed by atoms with E-state index in [-0.39, 0.29) is 36.3 Å².